The number of hydrogen-bond acceptors (Lipinski definition) is 0. The van der Waals surface area contributed by atoms with Crippen LogP contribution in [-0.4, -0.2) is 0 Å². The van der Waals surface area contributed by atoms with Crippen LogP contribution in [0.5, 0.6) is 0 Å². The minimum absolute atomic E-state index is 1.19. The Kier molecular flexibility index (Phi) is 15.7. The van der Waals surface area contributed by atoms with Crippen molar-refractivity contribution in [1.29, 1.82) is 0 Å². The van der Waals surface area contributed by atoms with Gasteiger partial charge in [-0.15, -0.1) is 0 Å². The average Bonchev–Trinajstić information content (AvgIpc) is 2.66. The fourth-order valence-corrected chi connectivity index (χ4v) is 3.75. The first-order valence-corrected chi connectivity index (χ1v) is 11.8. The van der Waals surface area contributed by atoms with E-state index in [9.17, 15) is 0 Å². The summed E-state index contributed by atoms with van der Waals surface area (Å²) in [5.41, 5.74) is 1.51. The molecule has 0 saturated heterocycles. The molecule has 1 nitrogen and oxygen atoms in total. The third kappa shape index (κ3) is 13.4. The lowest BCUT2D eigenvalue weighted by Gasteiger charge is -2.03. The molecule has 0 unspecified atom stereocenters. The molecule has 0 aliphatic carbocycles. The van der Waals surface area contributed by atoms with E-state index in [4.69, 9.17) is 0 Å². The Hall–Kier alpha value is -0.850. The van der Waals surface area contributed by atoms with E-state index in [1.807, 2.05) is 0 Å². The fraction of sp³-hybridized carbons (Fsp3) is 0.800. The molecule has 0 aromatic carbocycles. The first-order chi connectivity index (χ1) is 12.9. The number of hydrogen-bond donors (Lipinski definition) is 0. The maximum Gasteiger partial charge on any atom is 0.171 e. The van der Waals surface area contributed by atoms with Crippen molar-refractivity contribution in [2.24, 2.45) is 0 Å². The molecule has 0 bridgehead atoms. The van der Waals surface area contributed by atoms with Crippen LogP contribution >= 0.6 is 0 Å². The highest BCUT2D eigenvalue weighted by Crippen LogP contribution is 2.12. The highest BCUT2D eigenvalue weighted by Gasteiger charge is 2.03. The van der Waals surface area contributed by atoms with Crippen molar-refractivity contribution in [3.05, 3.63) is 30.1 Å². The fourth-order valence-electron chi connectivity index (χ4n) is 3.75. The quantitative estimate of drug-likeness (QED) is 0.186. The SMILES string of the molecule is CCCCCCCCCCCCCCC[n+]1cccc(CCCCC)c1. The van der Waals surface area contributed by atoms with Gasteiger partial charge in [-0.3, -0.25) is 0 Å². The summed E-state index contributed by atoms with van der Waals surface area (Å²) >= 11 is 0. The van der Waals surface area contributed by atoms with Gasteiger partial charge in [-0.05, 0) is 25.3 Å². The molecule has 0 saturated carbocycles. The molecular weight excluding hydrogens is 314 g/mol. The van der Waals surface area contributed by atoms with E-state index >= 15 is 0 Å². The van der Waals surface area contributed by atoms with Crippen LogP contribution in [0.4, 0.5) is 0 Å². The van der Waals surface area contributed by atoms with Gasteiger partial charge in [0.15, 0.2) is 12.4 Å². The topological polar surface area (TPSA) is 3.88 Å². The Bertz CT molecular complexity index is 412. The molecular formula is C25H46N+. The van der Waals surface area contributed by atoms with Crippen LogP contribution in [0, 0.1) is 0 Å². The second kappa shape index (κ2) is 17.6. The van der Waals surface area contributed by atoms with Gasteiger partial charge in [-0.2, -0.15) is 0 Å². The number of pyridine rings is 1. The molecule has 0 atom stereocenters. The van der Waals surface area contributed by atoms with E-state index in [0.29, 0.717) is 0 Å². The predicted molar refractivity (Wildman–Crippen MR) is 116 cm³/mol. The summed E-state index contributed by atoms with van der Waals surface area (Å²) in [7, 11) is 0. The Balaban J connectivity index is 1.92. The zero-order chi connectivity index (χ0) is 18.7. The van der Waals surface area contributed by atoms with Gasteiger partial charge in [0.2, 0.25) is 0 Å². The third-order valence-electron chi connectivity index (χ3n) is 5.51. The maximum absolute atomic E-state index is 2.40. The van der Waals surface area contributed by atoms with Gasteiger partial charge in [0, 0.05) is 18.1 Å². The number of unbranched alkanes of at least 4 members (excludes halogenated alkanes) is 14. The summed E-state index contributed by atoms with van der Waals surface area (Å²) in [5.74, 6) is 0. The molecule has 0 aliphatic rings. The summed E-state index contributed by atoms with van der Waals surface area (Å²) < 4.78 is 2.40. The van der Waals surface area contributed by atoms with Crippen molar-refractivity contribution in [2.45, 2.75) is 130 Å². The molecule has 1 rings (SSSR count). The minimum Gasteiger partial charge on any atom is -0.205 e. The van der Waals surface area contributed by atoms with Crippen LogP contribution in [-0.2, 0) is 13.0 Å². The van der Waals surface area contributed by atoms with Gasteiger partial charge in [0.1, 0.15) is 6.54 Å². The van der Waals surface area contributed by atoms with Crippen molar-refractivity contribution in [1.82, 2.24) is 0 Å². The van der Waals surface area contributed by atoms with Gasteiger partial charge in [-0.25, -0.2) is 4.57 Å². The summed E-state index contributed by atoms with van der Waals surface area (Å²) in [5, 5.41) is 0. The highest BCUT2D eigenvalue weighted by molar-refractivity contribution is 5.05. The van der Waals surface area contributed by atoms with Crippen LogP contribution in [0.15, 0.2) is 24.5 Å². The molecule has 26 heavy (non-hydrogen) atoms. The van der Waals surface area contributed by atoms with Crippen molar-refractivity contribution >= 4 is 0 Å². The van der Waals surface area contributed by atoms with Gasteiger partial charge in [0.05, 0.1) is 0 Å². The first kappa shape index (κ1) is 23.2. The smallest absolute Gasteiger partial charge is 0.171 e. The zero-order valence-corrected chi connectivity index (χ0v) is 18.0. The van der Waals surface area contributed by atoms with E-state index in [1.165, 1.54) is 121 Å². The van der Waals surface area contributed by atoms with E-state index < -0.39 is 0 Å². The summed E-state index contributed by atoms with van der Waals surface area (Å²) in [6.45, 7) is 5.77. The zero-order valence-electron chi connectivity index (χ0n) is 18.0. The second-order valence-corrected chi connectivity index (χ2v) is 8.15. The molecule has 150 valence electrons. The first-order valence-electron chi connectivity index (χ1n) is 11.8. The summed E-state index contributed by atoms with van der Waals surface area (Å²) in [6.07, 6.45) is 28.5. The molecule has 1 heteroatoms. The van der Waals surface area contributed by atoms with Gasteiger partial charge >= 0.3 is 0 Å². The Morgan fingerprint density at radius 1 is 0.615 bits per heavy atom. The van der Waals surface area contributed by atoms with E-state index in [2.05, 4.69) is 42.9 Å². The normalized spacial score (nSPS) is 11.2. The third-order valence-corrected chi connectivity index (χ3v) is 5.51. The Labute approximate surface area is 164 Å². The van der Waals surface area contributed by atoms with Crippen LogP contribution in [0.3, 0.4) is 0 Å². The van der Waals surface area contributed by atoms with E-state index in [0.717, 1.165) is 0 Å². The number of rotatable bonds is 18. The lowest BCUT2D eigenvalue weighted by Crippen LogP contribution is -2.33. The van der Waals surface area contributed by atoms with Crippen LogP contribution in [0.25, 0.3) is 0 Å². The highest BCUT2D eigenvalue weighted by atomic mass is 14.9. The Morgan fingerprint density at radius 3 is 1.69 bits per heavy atom. The van der Waals surface area contributed by atoms with Crippen LogP contribution in [0.1, 0.15) is 122 Å². The van der Waals surface area contributed by atoms with Gasteiger partial charge < -0.3 is 0 Å². The molecule has 0 spiro atoms. The van der Waals surface area contributed by atoms with Crippen LogP contribution < -0.4 is 4.57 Å². The maximum atomic E-state index is 2.40. The lowest BCUT2D eigenvalue weighted by molar-refractivity contribution is -0.697. The molecule has 1 heterocycles. The molecule has 1 aromatic heterocycles. The molecule has 0 N–H and O–H groups in total. The summed E-state index contributed by atoms with van der Waals surface area (Å²) in [6, 6.07) is 4.51. The van der Waals surface area contributed by atoms with E-state index in [1.54, 1.807) is 0 Å². The lowest BCUT2D eigenvalue weighted by atomic mass is 10.0. The molecule has 0 fully saturated rings. The monoisotopic (exact) mass is 360 g/mol. The number of aryl methyl sites for hydroxylation is 2. The predicted octanol–water partition coefficient (Wildman–Crippen LogP) is 7.80. The van der Waals surface area contributed by atoms with Crippen molar-refractivity contribution < 1.29 is 4.57 Å². The molecule has 0 radical (unpaired) electrons. The van der Waals surface area contributed by atoms with Gasteiger partial charge in [0.25, 0.3) is 0 Å². The van der Waals surface area contributed by atoms with E-state index in [-0.39, 0.29) is 0 Å². The second-order valence-electron chi connectivity index (χ2n) is 8.15. The number of nitrogens with zero attached hydrogens (tertiary/aromatic N) is 1. The van der Waals surface area contributed by atoms with Crippen molar-refractivity contribution in [2.75, 3.05) is 0 Å². The average molecular weight is 361 g/mol. The molecule has 0 amide bonds. The molecule has 0 aliphatic heterocycles. The van der Waals surface area contributed by atoms with Gasteiger partial charge in [-0.1, -0.05) is 97.3 Å². The largest absolute Gasteiger partial charge is 0.205 e. The van der Waals surface area contributed by atoms with Crippen molar-refractivity contribution in [3.8, 4) is 0 Å². The standard InChI is InChI=1S/C25H46N/c1-3-5-7-8-9-10-11-12-13-14-15-16-18-22-26-23-19-21-25(24-26)20-17-6-4-2/h19,21,23-24H,3-18,20,22H2,1-2H3/q+1. The van der Waals surface area contributed by atoms with Crippen LogP contribution in [0.2, 0.25) is 0 Å². The van der Waals surface area contributed by atoms with Crippen molar-refractivity contribution in [3.63, 3.8) is 0 Å². The number of aromatic nitrogens is 1. The molecule has 1 aromatic rings. The minimum atomic E-state index is 1.19. The Morgan fingerprint density at radius 2 is 1.12 bits per heavy atom. The summed E-state index contributed by atoms with van der Waals surface area (Å²) in [4.78, 5) is 0.